The fraction of sp³-hybridized carbons (Fsp3) is 0.185. The van der Waals surface area contributed by atoms with Gasteiger partial charge in [-0.3, -0.25) is 0 Å². The van der Waals surface area contributed by atoms with E-state index in [2.05, 4.69) is 62.1 Å². The van der Waals surface area contributed by atoms with Crippen LogP contribution in [0.25, 0.3) is 33.3 Å². The lowest BCUT2D eigenvalue weighted by Gasteiger charge is -2.21. The first kappa shape index (κ1) is 21.8. The number of nitrogens with zero attached hydrogens (tertiary/aromatic N) is 3. The molecule has 3 aromatic carbocycles. The fourth-order valence-electron chi connectivity index (χ4n) is 4.06. The Morgan fingerprint density at radius 3 is 2.31 bits per heavy atom. The van der Waals surface area contributed by atoms with Gasteiger partial charge in [0.25, 0.3) is 0 Å². The van der Waals surface area contributed by atoms with E-state index in [9.17, 15) is 0 Å². The molecule has 0 unspecified atom stereocenters. The van der Waals surface area contributed by atoms with Crippen molar-refractivity contribution in [1.29, 1.82) is 0 Å². The van der Waals surface area contributed by atoms with E-state index in [1.165, 1.54) is 5.56 Å². The third-order valence-electron chi connectivity index (χ3n) is 5.77. The van der Waals surface area contributed by atoms with Crippen LogP contribution >= 0.6 is 12.4 Å². The summed E-state index contributed by atoms with van der Waals surface area (Å²) in [6, 6.07) is 24.8. The van der Waals surface area contributed by atoms with E-state index >= 15 is 0 Å². The Morgan fingerprint density at radius 1 is 0.875 bits per heavy atom. The number of fused-ring (bicyclic) bond motifs is 4. The van der Waals surface area contributed by atoms with Gasteiger partial charge in [0, 0.05) is 41.7 Å². The smallest absolute Gasteiger partial charge is 0.155 e. The third kappa shape index (κ3) is 3.94. The molecular weight excluding hydrogens is 418 g/mol. The number of aryl methyl sites for hydroxylation is 1. The number of halogens is 1. The third-order valence-corrected chi connectivity index (χ3v) is 5.77. The van der Waals surface area contributed by atoms with Crippen LogP contribution in [0.5, 0.6) is 0 Å². The molecule has 0 N–H and O–H groups in total. The lowest BCUT2D eigenvalue weighted by Crippen LogP contribution is -2.21. The molecule has 5 heteroatoms. The van der Waals surface area contributed by atoms with E-state index in [1.807, 2.05) is 36.4 Å². The lowest BCUT2D eigenvalue weighted by atomic mass is 10.0. The van der Waals surface area contributed by atoms with E-state index in [-0.39, 0.29) is 12.4 Å². The van der Waals surface area contributed by atoms with Gasteiger partial charge in [-0.1, -0.05) is 42.0 Å². The van der Waals surface area contributed by atoms with Gasteiger partial charge in [0.2, 0.25) is 0 Å². The Labute approximate surface area is 194 Å². The zero-order valence-electron chi connectivity index (χ0n) is 18.5. The minimum atomic E-state index is 0. The lowest BCUT2D eigenvalue weighted by molar-refractivity contribution is 0.613. The van der Waals surface area contributed by atoms with Gasteiger partial charge < -0.3 is 9.32 Å². The molecule has 1 heterocycles. The molecular formula is C27H26ClN3O. The number of benzene rings is 4. The van der Waals surface area contributed by atoms with Crippen LogP contribution in [-0.2, 0) is 0 Å². The van der Waals surface area contributed by atoms with Crippen molar-refractivity contribution in [2.45, 2.75) is 20.8 Å². The summed E-state index contributed by atoms with van der Waals surface area (Å²) in [5.74, 6) is 0.744. The molecule has 2 aliphatic rings. The maximum absolute atomic E-state index is 6.38. The highest BCUT2D eigenvalue weighted by Gasteiger charge is 2.15. The second-order valence-electron chi connectivity index (χ2n) is 7.77. The normalized spacial score (nSPS) is 11.8. The van der Waals surface area contributed by atoms with Crippen LogP contribution in [-0.4, -0.2) is 18.1 Å². The number of aromatic nitrogens is 1. The van der Waals surface area contributed by atoms with Crippen molar-refractivity contribution in [1.82, 2.24) is 4.98 Å². The molecule has 0 bridgehead atoms. The minimum Gasteiger partial charge on any atom is -0.453 e. The van der Waals surface area contributed by atoms with Crippen molar-refractivity contribution >= 4 is 45.7 Å². The van der Waals surface area contributed by atoms with E-state index in [4.69, 9.17) is 14.4 Å². The molecule has 32 heavy (non-hydrogen) atoms. The van der Waals surface area contributed by atoms with Crippen LogP contribution < -0.4 is 10.3 Å². The summed E-state index contributed by atoms with van der Waals surface area (Å²) in [4.78, 5) is 12.2. The van der Waals surface area contributed by atoms with Crippen LogP contribution in [0.4, 0.5) is 11.4 Å². The summed E-state index contributed by atoms with van der Waals surface area (Å²) in [5.41, 5.74) is 5.80. The van der Waals surface area contributed by atoms with Crippen molar-refractivity contribution in [3.8, 4) is 11.5 Å². The van der Waals surface area contributed by atoms with E-state index in [1.54, 1.807) is 0 Å². The maximum atomic E-state index is 6.38. The SMILES string of the molecule is CCN(CC)c1ccc2nc3c4ccccc4c(=Nc4ccc(C)cc4)cc-3oc2c1.Cl. The molecule has 4 nitrogen and oxygen atoms in total. The molecule has 0 radical (unpaired) electrons. The monoisotopic (exact) mass is 443 g/mol. The molecule has 0 spiro atoms. The molecule has 1 aliphatic heterocycles. The molecule has 0 saturated heterocycles. The second-order valence-corrected chi connectivity index (χ2v) is 7.77. The molecule has 0 aromatic heterocycles. The van der Waals surface area contributed by atoms with Gasteiger partial charge in [0.1, 0.15) is 11.2 Å². The summed E-state index contributed by atoms with van der Waals surface area (Å²) in [6.45, 7) is 8.31. The highest BCUT2D eigenvalue weighted by Crippen LogP contribution is 2.32. The van der Waals surface area contributed by atoms with Crippen LogP contribution in [0.2, 0.25) is 0 Å². The van der Waals surface area contributed by atoms with Crippen LogP contribution in [0.1, 0.15) is 19.4 Å². The highest BCUT2D eigenvalue weighted by atomic mass is 35.5. The largest absolute Gasteiger partial charge is 0.453 e. The van der Waals surface area contributed by atoms with Gasteiger partial charge >= 0.3 is 0 Å². The number of hydrogen-bond acceptors (Lipinski definition) is 4. The van der Waals surface area contributed by atoms with Gasteiger partial charge in [0.05, 0.1) is 11.0 Å². The molecule has 0 fully saturated rings. The van der Waals surface area contributed by atoms with Crippen LogP contribution in [0, 0.1) is 6.92 Å². The average Bonchev–Trinajstić information content (AvgIpc) is 2.80. The summed E-state index contributed by atoms with van der Waals surface area (Å²) in [7, 11) is 0. The van der Waals surface area contributed by atoms with E-state index in [0.29, 0.717) is 0 Å². The summed E-state index contributed by atoms with van der Waals surface area (Å²) in [6.07, 6.45) is 0. The van der Waals surface area contributed by atoms with Gasteiger partial charge in [-0.05, 0) is 45.0 Å². The summed E-state index contributed by atoms with van der Waals surface area (Å²) in [5, 5.41) is 3.00. The predicted molar refractivity (Wildman–Crippen MR) is 135 cm³/mol. The first-order valence-electron chi connectivity index (χ1n) is 10.8. The molecule has 0 saturated carbocycles. The van der Waals surface area contributed by atoms with Crippen LogP contribution in [0.3, 0.4) is 0 Å². The second kappa shape index (κ2) is 9.01. The van der Waals surface area contributed by atoms with Crippen molar-refractivity contribution in [2.24, 2.45) is 4.99 Å². The van der Waals surface area contributed by atoms with Crippen molar-refractivity contribution in [3.05, 3.63) is 83.7 Å². The van der Waals surface area contributed by atoms with Crippen molar-refractivity contribution < 1.29 is 4.42 Å². The minimum absolute atomic E-state index is 0. The summed E-state index contributed by atoms with van der Waals surface area (Å²) < 4.78 is 6.38. The van der Waals surface area contributed by atoms with Gasteiger partial charge in [-0.25, -0.2) is 9.98 Å². The Bertz CT molecular complexity index is 1420. The highest BCUT2D eigenvalue weighted by molar-refractivity contribution is 5.96. The predicted octanol–water partition coefficient (Wildman–Crippen LogP) is 6.89. The molecule has 1 aliphatic carbocycles. The standard InChI is InChI=1S/C27H25N3O.ClH/c1-4-30(5-2)20-14-15-23-25(16-20)31-26-17-24(28-19-12-10-18(3)11-13-19)21-8-6-7-9-22(21)27(26)29-23;/h6-17H,4-5H2,1-3H3;1H. The molecule has 162 valence electrons. The molecule has 5 rings (SSSR count). The Morgan fingerprint density at radius 2 is 1.59 bits per heavy atom. The molecule has 3 aromatic rings. The summed E-state index contributed by atoms with van der Waals surface area (Å²) >= 11 is 0. The molecule has 0 amide bonds. The average molecular weight is 444 g/mol. The first-order chi connectivity index (χ1) is 15.2. The zero-order chi connectivity index (χ0) is 21.4. The topological polar surface area (TPSA) is 41.6 Å². The number of anilines is 1. The van der Waals surface area contributed by atoms with Gasteiger partial charge in [-0.15, -0.1) is 12.4 Å². The van der Waals surface area contributed by atoms with Crippen LogP contribution in [0.15, 0.2) is 82.2 Å². The first-order valence-corrected chi connectivity index (χ1v) is 10.8. The van der Waals surface area contributed by atoms with Gasteiger partial charge in [0.15, 0.2) is 11.3 Å². The Balaban J connectivity index is 0.00000245. The zero-order valence-corrected chi connectivity index (χ0v) is 19.3. The van der Waals surface area contributed by atoms with E-state index in [0.717, 1.165) is 63.1 Å². The van der Waals surface area contributed by atoms with Crippen molar-refractivity contribution in [3.63, 3.8) is 0 Å². The van der Waals surface area contributed by atoms with Gasteiger partial charge in [-0.2, -0.15) is 0 Å². The molecule has 0 atom stereocenters. The Kier molecular flexibility index (Phi) is 6.15. The Hall–Kier alpha value is -3.37. The maximum Gasteiger partial charge on any atom is 0.155 e. The van der Waals surface area contributed by atoms with Crippen molar-refractivity contribution in [2.75, 3.05) is 18.0 Å². The quantitative estimate of drug-likeness (QED) is 0.224. The number of hydrogen-bond donors (Lipinski definition) is 0. The number of rotatable bonds is 4. The fourth-order valence-corrected chi connectivity index (χ4v) is 4.06. The van der Waals surface area contributed by atoms with E-state index < -0.39 is 0 Å².